The molecule has 0 radical (unpaired) electrons. The molecule has 5 N–H and O–H groups in total. The third kappa shape index (κ3) is 20.1. The number of aliphatic carboxylic acids is 1. The van der Waals surface area contributed by atoms with Crippen molar-refractivity contribution in [2.24, 2.45) is 10.8 Å². The molecule has 35 heavy (non-hydrogen) atoms. The second-order valence-electron chi connectivity index (χ2n) is 8.17. The molecule has 0 aromatic heterocycles. The Kier molecular flexibility index (Phi) is 29.4. The first kappa shape index (κ1) is 38.9. The summed E-state index contributed by atoms with van der Waals surface area (Å²) in [5.41, 5.74) is -0.946. The Morgan fingerprint density at radius 1 is 0.943 bits per heavy atom. The van der Waals surface area contributed by atoms with Crippen molar-refractivity contribution in [3.05, 3.63) is 0 Å². The molecule has 0 rings (SSSR count). The van der Waals surface area contributed by atoms with Crippen LogP contribution in [0.3, 0.4) is 0 Å². The van der Waals surface area contributed by atoms with Gasteiger partial charge in [-0.05, 0) is 31.8 Å². The SMILES string of the molecule is CCC.CCC(CC)(CNC(=O)OCCSPCCOC)C(=O)O.CCC(CC)(CO)CNCO. The molecule has 0 saturated carbocycles. The van der Waals surface area contributed by atoms with E-state index in [1.54, 1.807) is 18.5 Å². The Morgan fingerprint density at radius 3 is 1.91 bits per heavy atom. The molecule has 0 aromatic carbocycles. The van der Waals surface area contributed by atoms with Crippen LogP contribution in [0.4, 0.5) is 4.79 Å². The van der Waals surface area contributed by atoms with Crippen molar-refractivity contribution in [1.82, 2.24) is 10.6 Å². The normalized spacial score (nSPS) is 11.3. The van der Waals surface area contributed by atoms with E-state index in [-0.39, 0.29) is 25.3 Å². The highest BCUT2D eigenvalue weighted by molar-refractivity contribution is 8.49. The van der Waals surface area contributed by atoms with Gasteiger partial charge in [-0.3, -0.25) is 10.1 Å². The smallest absolute Gasteiger partial charge is 0.407 e. The monoisotopic (exact) mass is 544 g/mol. The molecule has 1 unspecified atom stereocenters. The maximum absolute atomic E-state index is 11.5. The van der Waals surface area contributed by atoms with Crippen LogP contribution in [0.5, 0.6) is 0 Å². The van der Waals surface area contributed by atoms with Crippen LogP contribution < -0.4 is 10.6 Å². The Labute approximate surface area is 219 Å². The Morgan fingerprint density at radius 2 is 1.51 bits per heavy atom. The summed E-state index contributed by atoms with van der Waals surface area (Å²) in [5, 5.41) is 32.2. The van der Waals surface area contributed by atoms with Gasteiger partial charge in [-0.15, -0.1) is 11.4 Å². The highest BCUT2D eigenvalue weighted by Crippen LogP contribution is 2.28. The summed E-state index contributed by atoms with van der Waals surface area (Å²) in [6, 6.07) is 0. The number of amides is 1. The van der Waals surface area contributed by atoms with Gasteiger partial charge in [0.05, 0.1) is 18.8 Å². The van der Waals surface area contributed by atoms with Crippen LogP contribution in [-0.2, 0) is 14.3 Å². The number of hydrogen-bond acceptors (Lipinski definition) is 8. The van der Waals surface area contributed by atoms with Crippen LogP contribution >= 0.6 is 19.2 Å². The fraction of sp³-hybridized carbons (Fsp3) is 0.917. The van der Waals surface area contributed by atoms with E-state index in [4.69, 9.17) is 19.7 Å². The first-order chi connectivity index (χ1) is 16.7. The molecule has 1 amide bonds. The van der Waals surface area contributed by atoms with Gasteiger partial charge in [0.1, 0.15) is 6.61 Å². The predicted molar refractivity (Wildman–Crippen MR) is 149 cm³/mol. The molecule has 1 atom stereocenters. The van der Waals surface area contributed by atoms with E-state index in [2.05, 4.69) is 38.3 Å². The number of hydrogen-bond donors (Lipinski definition) is 5. The number of carboxylic acid groups (broad SMARTS) is 1. The average Bonchev–Trinajstić information content (AvgIpc) is 2.86. The van der Waals surface area contributed by atoms with Gasteiger partial charge in [0.15, 0.2) is 0 Å². The minimum atomic E-state index is -0.907. The zero-order valence-corrected chi connectivity index (χ0v) is 24.9. The number of alkyl carbamates (subject to hydrolysis) is 1. The molecule has 0 aliphatic heterocycles. The summed E-state index contributed by atoms with van der Waals surface area (Å²) in [4.78, 5) is 22.8. The van der Waals surface area contributed by atoms with Gasteiger partial charge in [0.25, 0.3) is 0 Å². The van der Waals surface area contributed by atoms with E-state index >= 15 is 0 Å². The molecule has 9 nitrogen and oxygen atoms in total. The summed E-state index contributed by atoms with van der Waals surface area (Å²) < 4.78 is 9.96. The zero-order chi connectivity index (χ0) is 27.6. The highest BCUT2D eigenvalue weighted by Gasteiger charge is 2.35. The maximum atomic E-state index is 11.5. The standard InChI is InChI=1S/C13H26NO5PS.C8H19NO2.C3H8/c1-4-13(5-2,11(15)16)10-14-12(17)19-7-9-21-20-8-6-18-3;1-3-8(4-2,6-10)5-9-7-11;1-3-2/h20H,4-10H2,1-3H3,(H,14,17)(H,15,16);9-11H,3-7H2,1-2H3;3H2,1-2H3. The molecular weight excluding hydrogens is 491 g/mol. The summed E-state index contributed by atoms with van der Waals surface area (Å²) >= 11 is 1.72. The lowest BCUT2D eigenvalue weighted by atomic mass is 9.82. The van der Waals surface area contributed by atoms with E-state index < -0.39 is 17.5 Å². The summed E-state index contributed by atoms with van der Waals surface area (Å²) in [5.74, 6) is -0.149. The van der Waals surface area contributed by atoms with Crippen molar-refractivity contribution in [3.8, 4) is 0 Å². The number of rotatable bonds is 18. The molecule has 0 heterocycles. The fourth-order valence-electron chi connectivity index (χ4n) is 2.74. The number of carboxylic acids is 1. The number of nitrogens with one attached hydrogen (secondary N) is 2. The first-order valence-electron chi connectivity index (χ1n) is 12.6. The molecule has 0 aliphatic carbocycles. The van der Waals surface area contributed by atoms with Gasteiger partial charge in [-0.2, -0.15) is 0 Å². The molecule has 0 bridgehead atoms. The fourth-order valence-corrected chi connectivity index (χ4v) is 4.84. The van der Waals surface area contributed by atoms with Crippen LogP contribution in [0.1, 0.15) is 73.6 Å². The Balaban J connectivity index is -0.000000610. The van der Waals surface area contributed by atoms with Crippen LogP contribution in [0.2, 0.25) is 0 Å². The second kappa shape index (κ2) is 26.4. The van der Waals surface area contributed by atoms with Gasteiger partial charge in [0, 0.05) is 38.0 Å². The second-order valence-corrected chi connectivity index (χ2v) is 11.4. The molecular formula is C24H53N2O7PS. The number of ether oxygens (including phenoxy) is 2. The van der Waals surface area contributed by atoms with E-state index in [9.17, 15) is 14.7 Å². The van der Waals surface area contributed by atoms with Crippen LogP contribution in [-0.4, -0.2) is 86.0 Å². The highest BCUT2D eigenvalue weighted by atomic mass is 32.7. The van der Waals surface area contributed by atoms with Gasteiger partial charge in [0.2, 0.25) is 0 Å². The van der Waals surface area contributed by atoms with Crippen molar-refractivity contribution in [3.63, 3.8) is 0 Å². The van der Waals surface area contributed by atoms with E-state index in [1.807, 2.05) is 13.8 Å². The average molecular weight is 545 g/mol. The van der Waals surface area contributed by atoms with E-state index in [0.29, 0.717) is 26.0 Å². The van der Waals surface area contributed by atoms with Gasteiger partial charge < -0.3 is 30.1 Å². The van der Waals surface area contributed by atoms with Crippen molar-refractivity contribution < 1.29 is 34.4 Å². The molecule has 212 valence electrons. The van der Waals surface area contributed by atoms with E-state index in [0.717, 1.165) is 39.1 Å². The minimum Gasteiger partial charge on any atom is -0.481 e. The van der Waals surface area contributed by atoms with Gasteiger partial charge in [-0.25, -0.2) is 4.79 Å². The third-order valence-electron chi connectivity index (χ3n) is 5.75. The first-order valence-corrected chi connectivity index (χ1v) is 15.5. The Bertz CT molecular complexity index is 486. The summed E-state index contributed by atoms with van der Waals surface area (Å²) in [6.07, 6.45) is 4.51. The van der Waals surface area contributed by atoms with Crippen molar-refractivity contribution in [1.29, 1.82) is 0 Å². The molecule has 0 aromatic rings. The van der Waals surface area contributed by atoms with Crippen LogP contribution in [0.15, 0.2) is 0 Å². The molecule has 11 heteroatoms. The van der Waals surface area contributed by atoms with Crippen LogP contribution in [0.25, 0.3) is 0 Å². The summed E-state index contributed by atoms with van der Waals surface area (Å²) in [6.45, 7) is 14.0. The third-order valence-corrected chi connectivity index (χ3v) is 8.57. The lowest BCUT2D eigenvalue weighted by molar-refractivity contribution is -0.149. The lowest BCUT2D eigenvalue weighted by Crippen LogP contribution is -2.42. The van der Waals surface area contributed by atoms with Gasteiger partial charge in [-0.1, -0.05) is 55.7 Å². The number of carbonyl (C=O) groups is 2. The number of aliphatic hydroxyl groups excluding tert-OH is 2. The summed E-state index contributed by atoms with van der Waals surface area (Å²) in [7, 11) is 2.41. The minimum absolute atomic E-state index is 0.0122. The lowest BCUT2D eigenvalue weighted by Gasteiger charge is -2.29. The molecule has 0 aliphatic rings. The molecule has 0 spiro atoms. The predicted octanol–water partition coefficient (Wildman–Crippen LogP) is 4.32. The van der Waals surface area contributed by atoms with Crippen molar-refractivity contribution >= 4 is 31.2 Å². The number of carbonyl (C=O) groups excluding carboxylic acids is 1. The molecule has 0 saturated heterocycles. The van der Waals surface area contributed by atoms with Gasteiger partial charge >= 0.3 is 12.1 Å². The number of aliphatic hydroxyl groups is 2. The molecule has 0 fully saturated rings. The number of methoxy groups -OCH3 is 1. The maximum Gasteiger partial charge on any atom is 0.407 e. The Hall–Kier alpha value is -0.640. The van der Waals surface area contributed by atoms with E-state index in [1.165, 1.54) is 6.42 Å². The quantitative estimate of drug-likeness (QED) is 0.0970. The van der Waals surface area contributed by atoms with Crippen molar-refractivity contribution in [2.75, 3.05) is 58.7 Å². The zero-order valence-electron chi connectivity index (χ0n) is 23.1. The topological polar surface area (TPSA) is 137 Å². The van der Waals surface area contributed by atoms with Crippen LogP contribution in [0, 0.1) is 10.8 Å². The largest absolute Gasteiger partial charge is 0.481 e. The van der Waals surface area contributed by atoms with Crippen molar-refractivity contribution in [2.45, 2.75) is 73.6 Å².